The smallest absolute Gasteiger partial charge is 0.225 e. The summed E-state index contributed by atoms with van der Waals surface area (Å²) in [5.74, 6) is 1.30. The second-order valence-corrected chi connectivity index (χ2v) is 9.17. The third-order valence-corrected chi connectivity index (χ3v) is 6.76. The second kappa shape index (κ2) is 12.1. The molecule has 1 aromatic carbocycles. The van der Waals surface area contributed by atoms with Crippen LogP contribution >= 0.6 is 0 Å². The lowest BCUT2D eigenvalue weighted by Crippen LogP contribution is -2.37. The van der Waals surface area contributed by atoms with Crippen molar-refractivity contribution in [1.29, 1.82) is 0 Å². The van der Waals surface area contributed by atoms with E-state index in [2.05, 4.69) is 5.32 Å². The van der Waals surface area contributed by atoms with E-state index >= 15 is 0 Å². The lowest BCUT2D eigenvalue weighted by Gasteiger charge is -2.29. The number of nitrogens with zero attached hydrogens (tertiary/aromatic N) is 1. The molecule has 0 aromatic heterocycles. The Labute approximate surface area is 181 Å². The van der Waals surface area contributed by atoms with Crippen LogP contribution in [0.25, 0.3) is 0 Å². The van der Waals surface area contributed by atoms with Crippen LogP contribution in [0, 0.1) is 11.8 Å². The summed E-state index contributed by atoms with van der Waals surface area (Å²) in [6.07, 6.45) is 13.2. The molecule has 3 N–H and O–H groups in total. The normalized spacial score (nSPS) is 17.8. The third-order valence-electron chi connectivity index (χ3n) is 6.76. The summed E-state index contributed by atoms with van der Waals surface area (Å²) >= 11 is 0. The maximum absolute atomic E-state index is 13.0. The minimum Gasteiger partial charge on any atom is -0.338 e. The molecule has 0 heterocycles. The molecule has 0 spiro atoms. The molecule has 1 aromatic rings. The topological polar surface area (TPSA) is 75.4 Å². The molecule has 5 heteroatoms. The van der Waals surface area contributed by atoms with E-state index in [0.717, 1.165) is 55.7 Å². The molecule has 0 atom stereocenters. The molecule has 2 fully saturated rings. The molecule has 5 nitrogen and oxygen atoms in total. The Morgan fingerprint density at radius 1 is 0.967 bits per heavy atom. The minimum atomic E-state index is 0.103. The number of hydrogen-bond acceptors (Lipinski definition) is 3. The number of benzene rings is 1. The van der Waals surface area contributed by atoms with Crippen molar-refractivity contribution in [2.45, 2.75) is 83.6 Å². The molecule has 0 radical (unpaired) electrons. The van der Waals surface area contributed by atoms with Crippen LogP contribution < -0.4 is 11.1 Å². The first kappa shape index (κ1) is 22.8. The average Bonchev–Trinajstić information content (AvgIpc) is 3.30. The van der Waals surface area contributed by atoms with E-state index in [0.29, 0.717) is 26.1 Å². The average molecular weight is 414 g/mol. The fraction of sp³-hybridized carbons (Fsp3) is 0.680. The van der Waals surface area contributed by atoms with Crippen LogP contribution in [0.2, 0.25) is 0 Å². The maximum Gasteiger partial charge on any atom is 0.225 e. The largest absolute Gasteiger partial charge is 0.338 e. The first-order valence-corrected chi connectivity index (χ1v) is 12.0. The highest BCUT2D eigenvalue weighted by Gasteiger charge is 2.25. The molecule has 0 aliphatic heterocycles. The van der Waals surface area contributed by atoms with Crippen LogP contribution in [0.1, 0.15) is 82.6 Å². The number of anilines is 1. The highest BCUT2D eigenvalue weighted by Crippen LogP contribution is 2.29. The summed E-state index contributed by atoms with van der Waals surface area (Å²) in [5.41, 5.74) is 7.63. The zero-order valence-corrected chi connectivity index (χ0v) is 18.4. The molecule has 2 aliphatic rings. The quantitative estimate of drug-likeness (QED) is 0.575. The lowest BCUT2D eigenvalue weighted by molar-refractivity contribution is -0.137. The zero-order valence-electron chi connectivity index (χ0n) is 18.4. The van der Waals surface area contributed by atoms with Crippen LogP contribution in [-0.2, 0) is 16.1 Å². The van der Waals surface area contributed by atoms with Gasteiger partial charge in [0.1, 0.15) is 0 Å². The summed E-state index contributed by atoms with van der Waals surface area (Å²) in [4.78, 5) is 27.3. The molecule has 0 bridgehead atoms. The van der Waals surface area contributed by atoms with Gasteiger partial charge in [0.2, 0.25) is 11.8 Å². The van der Waals surface area contributed by atoms with Gasteiger partial charge in [0.05, 0.1) is 0 Å². The van der Waals surface area contributed by atoms with Crippen LogP contribution in [-0.4, -0.2) is 29.8 Å². The van der Waals surface area contributed by atoms with Crippen molar-refractivity contribution in [2.24, 2.45) is 17.6 Å². The Hall–Kier alpha value is -1.88. The molecule has 2 amide bonds. The van der Waals surface area contributed by atoms with Gasteiger partial charge in [0.15, 0.2) is 0 Å². The molecule has 166 valence electrons. The fourth-order valence-electron chi connectivity index (χ4n) is 4.93. The van der Waals surface area contributed by atoms with Gasteiger partial charge in [0.25, 0.3) is 0 Å². The standard InChI is InChI=1S/C25H39N3O2/c26-17-6-18-28(25(30)22-9-2-1-3-10-22)19-21-11-14-23(15-12-21)27-24(29)16-13-20-7-4-5-8-20/h11-12,14-15,20,22H,1-10,13,16-19,26H2,(H,27,29). The summed E-state index contributed by atoms with van der Waals surface area (Å²) in [7, 11) is 0. The predicted octanol–water partition coefficient (Wildman–Crippen LogP) is 4.85. The van der Waals surface area contributed by atoms with Gasteiger partial charge in [-0.25, -0.2) is 0 Å². The molecule has 30 heavy (non-hydrogen) atoms. The number of carbonyl (C=O) groups excluding carboxylic acids is 2. The van der Waals surface area contributed by atoms with Gasteiger partial charge in [-0.3, -0.25) is 9.59 Å². The van der Waals surface area contributed by atoms with Crippen molar-refractivity contribution >= 4 is 17.5 Å². The van der Waals surface area contributed by atoms with Crippen molar-refractivity contribution < 1.29 is 9.59 Å². The number of nitrogens with two attached hydrogens (primary N) is 1. The molecule has 3 rings (SSSR count). The van der Waals surface area contributed by atoms with Gasteiger partial charge in [-0.2, -0.15) is 0 Å². The first-order chi connectivity index (χ1) is 14.7. The highest BCUT2D eigenvalue weighted by atomic mass is 16.2. The van der Waals surface area contributed by atoms with Gasteiger partial charge in [-0.15, -0.1) is 0 Å². The van der Waals surface area contributed by atoms with Crippen LogP contribution in [0.3, 0.4) is 0 Å². The zero-order chi connectivity index (χ0) is 21.2. The fourth-order valence-corrected chi connectivity index (χ4v) is 4.93. The van der Waals surface area contributed by atoms with E-state index in [1.807, 2.05) is 29.2 Å². The van der Waals surface area contributed by atoms with Crippen molar-refractivity contribution in [3.05, 3.63) is 29.8 Å². The van der Waals surface area contributed by atoms with Gasteiger partial charge in [-0.05, 0) is 55.8 Å². The number of carbonyl (C=O) groups is 2. The van der Waals surface area contributed by atoms with Crippen molar-refractivity contribution in [2.75, 3.05) is 18.4 Å². The third kappa shape index (κ3) is 7.12. The molecule has 2 saturated carbocycles. The van der Waals surface area contributed by atoms with Crippen LogP contribution in [0.15, 0.2) is 24.3 Å². The lowest BCUT2D eigenvalue weighted by atomic mass is 9.88. The molecule has 0 saturated heterocycles. The molecular formula is C25H39N3O2. The first-order valence-electron chi connectivity index (χ1n) is 12.0. The summed E-state index contributed by atoms with van der Waals surface area (Å²) in [6, 6.07) is 7.95. The van der Waals surface area contributed by atoms with Gasteiger partial charge in [0, 0.05) is 31.1 Å². The van der Waals surface area contributed by atoms with E-state index in [-0.39, 0.29) is 17.7 Å². The number of hydrogen-bond donors (Lipinski definition) is 2. The number of rotatable bonds is 10. The van der Waals surface area contributed by atoms with E-state index in [9.17, 15) is 9.59 Å². The Morgan fingerprint density at radius 3 is 2.30 bits per heavy atom. The minimum absolute atomic E-state index is 0.103. The Kier molecular flexibility index (Phi) is 9.19. The Balaban J connectivity index is 1.50. The van der Waals surface area contributed by atoms with E-state index in [1.54, 1.807) is 0 Å². The number of amides is 2. The molecular weight excluding hydrogens is 374 g/mol. The summed E-state index contributed by atoms with van der Waals surface area (Å²) in [6.45, 7) is 1.93. The predicted molar refractivity (Wildman–Crippen MR) is 122 cm³/mol. The second-order valence-electron chi connectivity index (χ2n) is 9.17. The van der Waals surface area contributed by atoms with Crippen LogP contribution in [0.4, 0.5) is 5.69 Å². The highest BCUT2D eigenvalue weighted by molar-refractivity contribution is 5.90. The Morgan fingerprint density at radius 2 is 1.63 bits per heavy atom. The van der Waals surface area contributed by atoms with E-state index in [4.69, 9.17) is 5.73 Å². The monoisotopic (exact) mass is 413 g/mol. The molecule has 2 aliphatic carbocycles. The van der Waals surface area contributed by atoms with E-state index < -0.39 is 0 Å². The SMILES string of the molecule is NCCCN(Cc1ccc(NC(=O)CCC2CCCC2)cc1)C(=O)C1CCCCC1. The van der Waals surface area contributed by atoms with Crippen molar-refractivity contribution in [3.63, 3.8) is 0 Å². The van der Waals surface area contributed by atoms with Gasteiger partial charge in [-0.1, -0.05) is 57.1 Å². The van der Waals surface area contributed by atoms with E-state index in [1.165, 1.54) is 32.1 Å². The van der Waals surface area contributed by atoms with Gasteiger partial charge < -0.3 is 16.0 Å². The summed E-state index contributed by atoms with van der Waals surface area (Å²) < 4.78 is 0. The van der Waals surface area contributed by atoms with Crippen LogP contribution in [0.5, 0.6) is 0 Å². The van der Waals surface area contributed by atoms with Gasteiger partial charge >= 0.3 is 0 Å². The summed E-state index contributed by atoms with van der Waals surface area (Å²) in [5, 5.41) is 3.02. The Bertz CT molecular complexity index is 661. The van der Waals surface area contributed by atoms with Crippen molar-refractivity contribution in [1.82, 2.24) is 4.90 Å². The van der Waals surface area contributed by atoms with Crippen molar-refractivity contribution in [3.8, 4) is 0 Å². The number of nitrogens with one attached hydrogen (secondary N) is 1. The maximum atomic E-state index is 13.0. The molecule has 0 unspecified atom stereocenters.